The van der Waals surface area contributed by atoms with E-state index in [9.17, 15) is 15.3 Å². The van der Waals surface area contributed by atoms with Gasteiger partial charge < -0.3 is 25.0 Å². The normalized spacial score (nSPS) is 24.9. The number of aliphatic hydroxyl groups excluding tert-OH is 3. The zero-order valence-corrected chi connectivity index (χ0v) is 18.9. The number of rotatable bonds is 5. The van der Waals surface area contributed by atoms with Crippen LogP contribution in [0.3, 0.4) is 0 Å². The molecule has 3 N–H and O–H groups in total. The summed E-state index contributed by atoms with van der Waals surface area (Å²) in [5, 5.41) is 38.9. The van der Waals surface area contributed by atoms with Gasteiger partial charge >= 0.3 is 0 Å². The molecule has 0 radical (unpaired) electrons. The Morgan fingerprint density at radius 1 is 1.00 bits per heavy atom. The second-order valence-corrected chi connectivity index (χ2v) is 8.86. The van der Waals surface area contributed by atoms with Gasteiger partial charge in [-0.3, -0.25) is 4.57 Å². The number of aliphatic hydroxyl groups is 3. The van der Waals surface area contributed by atoms with Gasteiger partial charge in [0.1, 0.15) is 24.0 Å². The number of benzene rings is 1. The Hall–Kier alpha value is -3.45. The maximum atomic E-state index is 10.6. The van der Waals surface area contributed by atoms with Gasteiger partial charge in [-0.2, -0.15) is 14.6 Å². The Morgan fingerprint density at radius 3 is 2.54 bits per heavy atom. The molecule has 0 saturated carbocycles. The molecule has 2 fully saturated rings. The predicted molar refractivity (Wildman–Crippen MR) is 125 cm³/mol. The summed E-state index contributed by atoms with van der Waals surface area (Å²) < 4.78 is 8.84. The molecule has 4 aromatic rings. The second-order valence-electron chi connectivity index (χ2n) is 8.86. The fourth-order valence-corrected chi connectivity index (χ4v) is 4.72. The SMILES string of the molecule is OC[C@H]1O[C@@H](n2cnc3c(N4CCCCC4)nc(-n4cc(-c5ccccc5)nn4)nc32)[C@H](O)[C@@H]1O. The highest BCUT2D eigenvalue weighted by Crippen LogP contribution is 2.34. The van der Waals surface area contributed by atoms with Crippen molar-refractivity contribution in [2.75, 3.05) is 24.6 Å². The molecule has 6 rings (SSSR count). The largest absolute Gasteiger partial charge is 0.394 e. The number of imidazole rings is 1. The molecule has 12 heteroatoms. The zero-order valence-electron chi connectivity index (χ0n) is 18.9. The zero-order chi connectivity index (χ0) is 23.9. The molecule has 1 aromatic carbocycles. The summed E-state index contributed by atoms with van der Waals surface area (Å²) >= 11 is 0. The van der Waals surface area contributed by atoms with E-state index in [2.05, 4.69) is 20.2 Å². The van der Waals surface area contributed by atoms with Crippen molar-refractivity contribution in [3.63, 3.8) is 0 Å². The highest BCUT2D eigenvalue weighted by molar-refractivity contribution is 5.84. The Kier molecular flexibility index (Phi) is 5.65. The Bertz CT molecular complexity index is 1320. The first-order valence-electron chi connectivity index (χ1n) is 11.7. The van der Waals surface area contributed by atoms with Crippen molar-refractivity contribution in [1.82, 2.24) is 34.5 Å². The lowest BCUT2D eigenvalue weighted by Crippen LogP contribution is -2.33. The number of fused-ring (bicyclic) bond motifs is 1. The summed E-state index contributed by atoms with van der Waals surface area (Å²) in [4.78, 5) is 16.3. The maximum Gasteiger partial charge on any atom is 0.256 e. The molecule has 12 nitrogen and oxygen atoms in total. The van der Waals surface area contributed by atoms with Crippen molar-refractivity contribution in [3.05, 3.63) is 42.9 Å². The van der Waals surface area contributed by atoms with E-state index in [-0.39, 0.29) is 0 Å². The lowest BCUT2D eigenvalue weighted by Gasteiger charge is -2.28. The van der Waals surface area contributed by atoms with Gasteiger partial charge in [0, 0.05) is 18.7 Å². The molecular formula is C23H26N8O4. The highest BCUT2D eigenvalue weighted by atomic mass is 16.6. The fourth-order valence-electron chi connectivity index (χ4n) is 4.72. The molecule has 4 atom stereocenters. The van der Waals surface area contributed by atoms with Gasteiger partial charge in [-0.1, -0.05) is 35.5 Å². The molecule has 0 amide bonds. The van der Waals surface area contributed by atoms with Crippen molar-refractivity contribution in [2.45, 2.75) is 43.8 Å². The molecule has 2 aliphatic heterocycles. The summed E-state index contributed by atoms with van der Waals surface area (Å²) in [6.45, 7) is 1.28. The van der Waals surface area contributed by atoms with Crippen molar-refractivity contribution in [3.8, 4) is 17.2 Å². The van der Waals surface area contributed by atoms with E-state index in [0.29, 0.717) is 28.6 Å². The number of hydrogen-bond acceptors (Lipinski definition) is 10. The number of hydrogen-bond donors (Lipinski definition) is 3. The van der Waals surface area contributed by atoms with Crippen LogP contribution in [-0.2, 0) is 4.74 Å². The van der Waals surface area contributed by atoms with Crippen LogP contribution in [0.5, 0.6) is 0 Å². The highest BCUT2D eigenvalue weighted by Gasteiger charge is 2.44. The average molecular weight is 479 g/mol. The van der Waals surface area contributed by atoms with Crippen LogP contribution in [0, 0.1) is 0 Å². The van der Waals surface area contributed by atoms with Gasteiger partial charge in [-0.15, -0.1) is 5.10 Å². The molecule has 0 spiro atoms. The fraction of sp³-hybridized carbons (Fsp3) is 0.435. The Balaban J connectivity index is 1.47. The van der Waals surface area contributed by atoms with Crippen molar-refractivity contribution in [1.29, 1.82) is 0 Å². The Labute approximate surface area is 200 Å². The lowest BCUT2D eigenvalue weighted by molar-refractivity contribution is -0.0511. The van der Waals surface area contributed by atoms with Crippen LogP contribution in [0.2, 0.25) is 0 Å². The van der Waals surface area contributed by atoms with Gasteiger partial charge in [-0.25, -0.2) is 4.98 Å². The first-order chi connectivity index (χ1) is 17.1. The van der Waals surface area contributed by atoms with E-state index >= 15 is 0 Å². The Morgan fingerprint density at radius 2 is 1.80 bits per heavy atom. The smallest absolute Gasteiger partial charge is 0.256 e. The van der Waals surface area contributed by atoms with Crippen LogP contribution in [0.25, 0.3) is 28.4 Å². The summed E-state index contributed by atoms with van der Waals surface area (Å²) in [6.07, 6.45) is 2.22. The van der Waals surface area contributed by atoms with E-state index in [1.165, 1.54) is 11.0 Å². The molecule has 0 unspecified atom stereocenters. The van der Waals surface area contributed by atoms with Gasteiger partial charge in [-0.05, 0) is 19.3 Å². The monoisotopic (exact) mass is 478 g/mol. The van der Waals surface area contributed by atoms with Crippen molar-refractivity contribution >= 4 is 17.0 Å². The number of nitrogens with zero attached hydrogens (tertiary/aromatic N) is 8. The number of piperidine rings is 1. The van der Waals surface area contributed by atoms with Crippen LogP contribution in [0.1, 0.15) is 25.5 Å². The predicted octanol–water partition coefficient (Wildman–Crippen LogP) is 0.676. The van der Waals surface area contributed by atoms with Crippen molar-refractivity contribution in [2.24, 2.45) is 0 Å². The molecule has 0 bridgehead atoms. The van der Waals surface area contributed by atoms with Crippen LogP contribution in [0.4, 0.5) is 5.82 Å². The quantitative estimate of drug-likeness (QED) is 0.374. The van der Waals surface area contributed by atoms with E-state index in [1.54, 1.807) is 10.8 Å². The minimum absolute atomic E-state index is 0.307. The first-order valence-corrected chi connectivity index (χ1v) is 11.7. The molecule has 35 heavy (non-hydrogen) atoms. The van der Waals surface area contributed by atoms with Crippen LogP contribution in [0.15, 0.2) is 42.9 Å². The van der Waals surface area contributed by atoms with E-state index in [1.807, 2.05) is 30.3 Å². The van der Waals surface area contributed by atoms with Crippen LogP contribution in [-0.4, -0.2) is 87.8 Å². The third-order valence-electron chi connectivity index (χ3n) is 6.61. The second kappa shape index (κ2) is 8.96. The summed E-state index contributed by atoms with van der Waals surface area (Å²) in [5.74, 6) is 0.980. The molecule has 5 heterocycles. The maximum absolute atomic E-state index is 10.6. The third-order valence-corrected chi connectivity index (χ3v) is 6.61. The number of anilines is 1. The standard InChI is InChI=1S/C23H26N8O4/c32-12-16-18(33)19(34)22(35-16)30-13-24-17-20(29-9-5-2-6-10-29)25-23(26-21(17)30)31-11-15(27-28-31)14-7-3-1-4-8-14/h1,3-4,7-8,11,13,16,18-19,22,32-34H,2,5-6,9-10,12H2/t16-,18-,19-,22-/m1/s1. The van der Waals surface area contributed by atoms with Gasteiger partial charge in [0.15, 0.2) is 23.2 Å². The molecule has 2 saturated heterocycles. The van der Waals surface area contributed by atoms with E-state index in [4.69, 9.17) is 14.7 Å². The summed E-state index contributed by atoms with van der Waals surface area (Å²) in [6, 6.07) is 9.72. The third kappa shape index (κ3) is 3.84. The molecule has 0 aliphatic carbocycles. The van der Waals surface area contributed by atoms with Crippen LogP contribution >= 0.6 is 0 Å². The first kappa shape index (κ1) is 22.0. The topological polar surface area (TPSA) is 147 Å². The molecule has 3 aromatic heterocycles. The van der Waals surface area contributed by atoms with Crippen LogP contribution < -0.4 is 4.90 Å². The minimum Gasteiger partial charge on any atom is -0.394 e. The molecule has 182 valence electrons. The summed E-state index contributed by atoms with van der Waals surface area (Å²) in [5.41, 5.74) is 2.61. The lowest BCUT2D eigenvalue weighted by atomic mass is 10.1. The molecular weight excluding hydrogens is 452 g/mol. The summed E-state index contributed by atoms with van der Waals surface area (Å²) in [7, 11) is 0. The van der Waals surface area contributed by atoms with Crippen molar-refractivity contribution < 1.29 is 20.1 Å². The average Bonchev–Trinajstić information content (AvgIpc) is 3.63. The number of aromatic nitrogens is 7. The number of ether oxygens (including phenoxy) is 1. The minimum atomic E-state index is -1.25. The van der Waals surface area contributed by atoms with E-state index < -0.39 is 31.1 Å². The van der Waals surface area contributed by atoms with Gasteiger partial charge in [0.2, 0.25) is 0 Å². The molecule has 2 aliphatic rings. The van der Waals surface area contributed by atoms with Gasteiger partial charge in [0.05, 0.1) is 19.1 Å². The van der Waals surface area contributed by atoms with Gasteiger partial charge in [0.25, 0.3) is 5.95 Å². The van der Waals surface area contributed by atoms with E-state index in [0.717, 1.165) is 37.9 Å².